The lowest BCUT2D eigenvalue weighted by atomic mass is 10.1. The molecule has 0 aromatic heterocycles. The molecule has 0 aliphatic rings. The van der Waals surface area contributed by atoms with Crippen molar-refractivity contribution in [3.05, 3.63) is 23.8 Å². The summed E-state index contributed by atoms with van der Waals surface area (Å²) in [7, 11) is 4.20. The topological polar surface area (TPSA) is 50.5 Å². The quantitative estimate of drug-likeness (QED) is 0.509. The Balaban J connectivity index is 2.25. The first kappa shape index (κ1) is 16.8. The fourth-order valence-electron chi connectivity index (χ4n) is 1.97. The van der Waals surface area contributed by atoms with Gasteiger partial charge in [0, 0.05) is 0 Å². The van der Waals surface area contributed by atoms with E-state index in [2.05, 4.69) is 37.3 Å². The number of nitrogen functional groups attached to an aromatic ring is 1. The van der Waals surface area contributed by atoms with Crippen LogP contribution in [0.3, 0.4) is 0 Å². The third-order valence-corrected chi connectivity index (χ3v) is 3.09. The zero-order valence-corrected chi connectivity index (χ0v) is 13.1. The first-order valence-corrected chi connectivity index (χ1v) is 7.50. The van der Waals surface area contributed by atoms with Gasteiger partial charge in [-0.05, 0) is 70.7 Å². The molecule has 0 aliphatic heterocycles. The second kappa shape index (κ2) is 9.61. The van der Waals surface area contributed by atoms with Gasteiger partial charge in [0.1, 0.15) is 5.75 Å². The Morgan fingerprint density at radius 3 is 2.70 bits per heavy atom. The minimum atomic E-state index is 0.719. The smallest absolute Gasteiger partial charge is 0.142 e. The van der Waals surface area contributed by atoms with Crippen LogP contribution in [0.15, 0.2) is 18.2 Å². The van der Waals surface area contributed by atoms with Gasteiger partial charge >= 0.3 is 0 Å². The standard InChI is InChI=1S/C16H29N3O/c1-4-12-20-16-7-6-14(13-15(16)17)8-10-18-9-5-11-19(2)3/h6-7,13,18H,4-5,8-12,17H2,1-3H3. The summed E-state index contributed by atoms with van der Waals surface area (Å²) in [4.78, 5) is 2.21. The van der Waals surface area contributed by atoms with E-state index in [1.807, 2.05) is 12.1 Å². The average Bonchev–Trinajstić information content (AvgIpc) is 2.41. The molecule has 114 valence electrons. The summed E-state index contributed by atoms with van der Waals surface area (Å²) >= 11 is 0. The summed E-state index contributed by atoms with van der Waals surface area (Å²) in [6, 6.07) is 6.10. The number of nitrogens with zero attached hydrogens (tertiary/aromatic N) is 1. The van der Waals surface area contributed by atoms with Crippen LogP contribution in [0.5, 0.6) is 5.75 Å². The van der Waals surface area contributed by atoms with Crippen LogP contribution in [0.1, 0.15) is 25.3 Å². The van der Waals surface area contributed by atoms with Crippen molar-refractivity contribution in [2.24, 2.45) is 0 Å². The van der Waals surface area contributed by atoms with Crippen LogP contribution in [0.2, 0.25) is 0 Å². The molecule has 0 saturated heterocycles. The summed E-state index contributed by atoms with van der Waals surface area (Å²) in [5, 5.41) is 3.46. The molecule has 0 bridgehead atoms. The maximum Gasteiger partial charge on any atom is 0.142 e. The number of hydrogen-bond donors (Lipinski definition) is 2. The highest BCUT2D eigenvalue weighted by molar-refractivity contribution is 5.54. The maximum absolute atomic E-state index is 6.00. The summed E-state index contributed by atoms with van der Waals surface area (Å²) in [5.41, 5.74) is 7.99. The van der Waals surface area contributed by atoms with Gasteiger partial charge in [0.2, 0.25) is 0 Å². The molecule has 1 aromatic carbocycles. The fourth-order valence-corrected chi connectivity index (χ4v) is 1.97. The number of nitrogens with two attached hydrogens (primary N) is 1. The van der Waals surface area contributed by atoms with Crippen LogP contribution in [-0.2, 0) is 6.42 Å². The van der Waals surface area contributed by atoms with E-state index >= 15 is 0 Å². The predicted octanol–water partition coefficient (Wildman–Crippen LogP) is 2.14. The number of rotatable bonds is 10. The van der Waals surface area contributed by atoms with Crippen molar-refractivity contribution in [3.63, 3.8) is 0 Å². The molecule has 4 nitrogen and oxygen atoms in total. The van der Waals surface area contributed by atoms with E-state index in [-0.39, 0.29) is 0 Å². The Bertz CT molecular complexity index is 380. The molecule has 0 heterocycles. The van der Waals surface area contributed by atoms with Crippen LogP contribution in [0.25, 0.3) is 0 Å². The number of ether oxygens (including phenoxy) is 1. The highest BCUT2D eigenvalue weighted by atomic mass is 16.5. The number of benzene rings is 1. The van der Waals surface area contributed by atoms with Crippen molar-refractivity contribution in [2.75, 3.05) is 46.1 Å². The van der Waals surface area contributed by atoms with Gasteiger partial charge in [-0.15, -0.1) is 0 Å². The first-order chi connectivity index (χ1) is 9.63. The Labute approximate surface area is 123 Å². The van der Waals surface area contributed by atoms with Crippen molar-refractivity contribution in [3.8, 4) is 5.75 Å². The summed E-state index contributed by atoms with van der Waals surface area (Å²) in [6.45, 7) is 5.99. The third-order valence-electron chi connectivity index (χ3n) is 3.09. The van der Waals surface area contributed by atoms with Gasteiger partial charge in [0.15, 0.2) is 0 Å². The number of hydrogen-bond acceptors (Lipinski definition) is 4. The first-order valence-electron chi connectivity index (χ1n) is 7.50. The Hall–Kier alpha value is -1.26. The molecule has 1 rings (SSSR count). The largest absolute Gasteiger partial charge is 0.491 e. The molecule has 4 heteroatoms. The van der Waals surface area contributed by atoms with Gasteiger partial charge in [-0.25, -0.2) is 0 Å². The monoisotopic (exact) mass is 279 g/mol. The predicted molar refractivity (Wildman–Crippen MR) is 86.4 cm³/mol. The molecule has 0 atom stereocenters. The van der Waals surface area contributed by atoms with Crippen LogP contribution in [-0.4, -0.2) is 45.2 Å². The van der Waals surface area contributed by atoms with Crippen molar-refractivity contribution >= 4 is 5.69 Å². The molecule has 1 aromatic rings. The molecule has 0 unspecified atom stereocenters. The second-order valence-electron chi connectivity index (χ2n) is 5.38. The van der Waals surface area contributed by atoms with Gasteiger partial charge in [0.05, 0.1) is 12.3 Å². The average molecular weight is 279 g/mol. The molecule has 0 aliphatic carbocycles. The van der Waals surface area contributed by atoms with E-state index in [9.17, 15) is 0 Å². The molecular weight excluding hydrogens is 250 g/mol. The molecule has 0 fully saturated rings. The Morgan fingerprint density at radius 1 is 1.25 bits per heavy atom. The lowest BCUT2D eigenvalue weighted by Gasteiger charge is -2.11. The Kier molecular flexibility index (Phi) is 8.07. The zero-order valence-electron chi connectivity index (χ0n) is 13.1. The van der Waals surface area contributed by atoms with Gasteiger partial charge in [0.25, 0.3) is 0 Å². The van der Waals surface area contributed by atoms with E-state index in [1.54, 1.807) is 0 Å². The van der Waals surface area contributed by atoms with E-state index in [0.29, 0.717) is 0 Å². The molecule has 20 heavy (non-hydrogen) atoms. The van der Waals surface area contributed by atoms with Crippen molar-refractivity contribution in [1.29, 1.82) is 0 Å². The number of anilines is 1. The maximum atomic E-state index is 6.00. The van der Waals surface area contributed by atoms with Crippen molar-refractivity contribution in [1.82, 2.24) is 10.2 Å². The second-order valence-corrected chi connectivity index (χ2v) is 5.38. The van der Waals surface area contributed by atoms with Crippen LogP contribution >= 0.6 is 0 Å². The van der Waals surface area contributed by atoms with E-state index in [0.717, 1.165) is 50.5 Å². The highest BCUT2D eigenvalue weighted by Gasteiger charge is 2.02. The van der Waals surface area contributed by atoms with Crippen molar-refractivity contribution in [2.45, 2.75) is 26.2 Å². The summed E-state index contributed by atoms with van der Waals surface area (Å²) in [6.07, 6.45) is 3.18. The number of nitrogens with one attached hydrogen (secondary N) is 1. The Morgan fingerprint density at radius 2 is 2.05 bits per heavy atom. The molecular formula is C16H29N3O. The molecule has 0 amide bonds. The van der Waals surface area contributed by atoms with Crippen LogP contribution < -0.4 is 15.8 Å². The molecule has 3 N–H and O–H groups in total. The van der Waals surface area contributed by atoms with Gasteiger partial charge < -0.3 is 20.7 Å². The van der Waals surface area contributed by atoms with Crippen LogP contribution in [0.4, 0.5) is 5.69 Å². The molecule has 0 radical (unpaired) electrons. The fraction of sp³-hybridized carbons (Fsp3) is 0.625. The molecule has 0 saturated carbocycles. The normalized spacial score (nSPS) is 11.0. The zero-order chi connectivity index (χ0) is 14.8. The van der Waals surface area contributed by atoms with E-state index in [4.69, 9.17) is 10.5 Å². The van der Waals surface area contributed by atoms with E-state index in [1.165, 1.54) is 12.0 Å². The van der Waals surface area contributed by atoms with Crippen LogP contribution in [0, 0.1) is 0 Å². The van der Waals surface area contributed by atoms with Crippen molar-refractivity contribution < 1.29 is 4.74 Å². The van der Waals surface area contributed by atoms with Gasteiger partial charge in [-0.3, -0.25) is 0 Å². The highest BCUT2D eigenvalue weighted by Crippen LogP contribution is 2.22. The summed E-state index contributed by atoms with van der Waals surface area (Å²) in [5.74, 6) is 0.801. The third kappa shape index (κ3) is 6.78. The van der Waals surface area contributed by atoms with Gasteiger partial charge in [-0.2, -0.15) is 0 Å². The minimum Gasteiger partial charge on any atom is -0.491 e. The lowest BCUT2D eigenvalue weighted by Crippen LogP contribution is -2.23. The summed E-state index contributed by atoms with van der Waals surface area (Å²) < 4.78 is 5.58. The minimum absolute atomic E-state index is 0.719. The lowest BCUT2D eigenvalue weighted by molar-refractivity contribution is 0.319. The SMILES string of the molecule is CCCOc1ccc(CCNCCCN(C)C)cc1N. The van der Waals surface area contributed by atoms with Gasteiger partial charge in [-0.1, -0.05) is 13.0 Å². The molecule has 0 spiro atoms. The van der Waals surface area contributed by atoms with E-state index < -0.39 is 0 Å².